The van der Waals surface area contributed by atoms with E-state index in [0.29, 0.717) is 12.3 Å². The standard InChI is InChI=1S/C15H16N4OS3/c1-3-6-16-11(20)8-22-15-13-14(23-9(2)17-13)12(18-19-15)10-5-4-7-21-10/h4-5,7H,3,6,8H2,1-2H3,(H,16,20). The topological polar surface area (TPSA) is 67.8 Å². The maximum Gasteiger partial charge on any atom is 0.230 e. The van der Waals surface area contributed by atoms with Crippen molar-refractivity contribution in [3.8, 4) is 10.6 Å². The van der Waals surface area contributed by atoms with Gasteiger partial charge in [-0.1, -0.05) is 24.8 Å². The van der Waals surface area contributed by atoms with E-state index in [1.165, 1.54) is 11.8 Å². The van der Waals surface area contributed by atoms with E-state index in [1.54, 1.807) is 22.7 Å². The molecule has 0 aliphatic heterocycles. The molecular weight excluding hydrogens is 348 g/mol. The van der Waals surface area contributed by atoms with Crippen LogP contribution in [0.1, 0.15) is 18.4 Å². The van der Waals surface area contributed by atoms with Crippen molar-refractivity contribution in [2.24, 2.45) is 0 Å². The minimum absolute atomic E-state index is 0.0149. The van der Waals surface area contributed by atoms with E-state index in [0.717, 1.165) is 37.2 Å². The lowest BCUT2D eigenvalue weighted by Crippen LogP contribution is -2.25. The van der Waals surface area contributed by atoms with Gasteiger partial charge in [-0.25, -0.2) is 4.98 Å². The highest BCUT2D eigenvalue weighted by atomic mass is 32.2. The Labute approximate surface area is 146 Å². The van der Waals surface area contributed by atoms with Gasteiger partial charge in [0.05, 0.1) is 20.3 Å². The van der Waals surface area contributed by atoms with Gasteiger partial charge in [0.2, 0.25) is 5.91 Å². The Morgan fingerprint density at radius 1 is 1.39 bits per heavy atom. The van der Waals surface area contributed by atoms with Crippen molar-refractivity contribution >= 4 is 50.6 Å². The first-order chi connectivity index (χ1) is 11.2. The molecule has 3 heterocycles. The molecule has 3 aromatic rings. The van der Waals surface area contributed by atoms with E-state index < -0.39 is 0 Å². The molecule has 23 heavy (non-hydrogen) atoms. The number of nitrogens with one attached hydrogen (secondary N) is 1. The van der Waals surface area contributed by atoms with E-state index >= 15 is 0 Å². The molecule has 0 saturated carbocycles. The number of hydrogen-bond acceptors (Lipinski definition) is 7. The van der Waals surface area contributed by atoms with E-state index in [4.69, 9.17) is 0 Å². The number of thioether (sulfide) groups is 1. The van der Waals surface area contributed by atoms with Gasteiger partial charge < -0.3 is 5.32 Å². The molecule has 1 amide bonds. The third kappa shape index (κ3) is 3.70. The van der Waals surface area contributed by atoms with Crippen LogP contribution in [0.4, 0.5) is 0 Å². The van der Waals surface area contributed by atoms with Gasteiger partial charge in [-0.15, -0.1) is 32.9 Å². The summed E-state index contributed by atoms with van der Waals surface area (Å²) in [5.74, 6) is 0.347. The maximum absolute atomic E-state index is 11.8. The van der Waals surface area contributed by atoms with Crippen LogP contribution in [-0.4, -0.2) is 33.4 Å². The first kappa shape index (κ1) is 16.4. The first-order valence-corrected chi connectivity index (χ1v) is 9.94. The fourth-order valence-corrected chi connectivity index (χ4v) is 4.56. The van der Waals surface area contributed by atoms with Gasteiger partial charge in [-0.3, -0.25) is 4.79 Å². The minimum Gasteiger partial charge on any atom is -0.355 e. The third-order valence-corrected chi connectivity index (χ3v) is 5.87. The number of aromatic nitrogens is 3. The molecule has 0 aromatic carbocycles. The molecule has 0 unspecified atom stereocenters. The second-order valence-corrected chi connectivity index (χ2v) is 8.00. The summed E-state index contributed by atoms with van der Waals surface area (Å²) in [6, 6.07) is 4.04. The summed E-state index contributed by atoms with van der Waals surface area (Å²) < 4.78 is 1.04. The summed E-state index contributed by atoms with van der Waals surface area (Å²) in [4.78, 5) is 17.5. The Morgan fingerprint density at radius 3 is 3.00 bits per heavy atom. The normalized spacial score (nSPS) is 11.0. The van der Waals surface area contributed by atoms with Gasteiger partial charge in [0.25, 0.3) is 0 Å². The van der Waals surface area contributed by atoms with E-state index in [2.05, 4.69) is 20.5 Å². The molecule has 0 aliphatic rings. The molecule has 3 rings (SSSR count). The highest BCUT2D eigenvalue weighted by Crippen LogP contribution is 2.36. The molecule has 120 valence electrons. The number of carbonyl (C=O) groups excluding carboxylic acids is 1. The first-order valence-electron chi connectivity index (χ1n) is 7.26. The van der Waals surface area contributed by atoms with Crippen LogP contribution in [0, 0.1) is 6.92 Å². The van der Waals surface area contributed by atoms with Crippen LogP contribution in [0.25, 0.3) is 20.8 Å². The lowest BCUT2D eigenvalue weighted by molar-refractivity contribution is -0.118. The molecule has 0 radical (unpaired) electrons. The fraction of sp³-hybridized carbons (Fsp3) is 0.333. The van der Waals surface area contributed by atoms with Crippen LogP contribution >= 0.6 is 34.4 Å². The van der Waals surface area contributed by atoms with Crippen molar-refractivity contribution < 1.29 is 4.79 Å². The van der Waals surface area contributed by atoms with Crippen molar-refractivity contribution in [3.05, 3.63) is 22.5 Å². The number of nitrogens with zero attached hydrogens (tertiary/aromatic N) is 3. The second kappa shape index (κ2) is 7.37. The molecule has 0 fully saturated rings. The second-order valence-electron chi connectivity index (χ2n) is 4.88. The van der Waals surface area contributed by atoms with Crippen LogP contribution in [0.5, 0.6) is 0 Å². The number of rotatable bonds is 6. The monoisotopic (exact) mass is 364 g/mol. The quantitative estimate of drug-likeness (QED) is 0.675. The number of thiophene rings is 1. The van der Waals surface area contributed by atoms with Crippen LogP contribution in [-0.2, 0) is 4.79 Å². The number of aryl methyl sites for hydroxylation is 1. The van der Waals surface area contributed by atoms with Gasteiger partial charge in [0.1, 0.15) is 16.2 Å². The molecule has 0 atom stereocenters. The average molecular weight is 365 g/mol. The summed E-state index contributed by atoms with van der Waals surface area (Å²) in [6.07, 6.45) is 0.932. The predicted molar refractivity (Wildman–Crippen MR) is 97.3 cm³/mol. The van der Waals surface area contributed by atoms with Gasteiger partial charge in [0, 0.05) is 6.54 Å². The molecule has 3 aromatic heterocycles. The van der Waals surface area contributed by atoms with Crippen molar-refractivity contribution in [3.63, 3.8) is 0 Å². The maximum atomic E-state index is 11.8. The molecule has 0 aliphatic carbocycles. The number of amides is 1. The van der Waals surface area contributed by atoms with Crippen LogP contribution < -0.4 is 5.32 Å². The fourth-order valence-electron chi connectivity index (χ4n) is 2.04. The third-order valence-electron chi connectivity index (χ3n) is 3.06. The average Bonchev–Trinajstić information content (AvgIpc) is 3.19. The molecule has 5 nitrogen and oxygen atoms in total. The largest absolute Gasteiger partial charge is 0.355 e. The molecule has 8 heteroatoms. The molecule has 0 saturated heterocycles. The molecule has 0 spiro atoms. The van der Waals surface area contributed by atoms with Crippen LogP contribution in [0.15, 0.2) is 22.5 Å². The van der Waals surface area contributed by atoms with Gasteiger partial charge >= 0.3 is 0 Å². The lowest BCUT2D eigenvalue weighted by Gasteiger charge is -2.04. The van der Waals surface area contributed by atoms with E-state index in [9.17, 15) is 4.79 Å². The summed E-state index contributed by atoms with van der Waals surface area (Å²) in [7, 11) is 0. The Morgan fingerprint density at radius 2 is 2.26 bits per heavy atom. The Kier molecular flexibility index (Phi) is 5.24. The summed E-state index contributed by atoms with van der Waals surface area (Å²) in [6.45, 7) is 4.71. The van der Waals surface area contributed by atoms with Crippen molar-refractivity contribution in [2.75, 3.05) is 12.3 Å². The predicted octanol–water partition coefficient (Wildman–Crippen LogP) is 3.74. The number of hydrogen-bond donors (Lipinski definition) is 1. The summed E-state index contributed by atoms with van der Waals surface area (Å²) >= 11 is 4.65. The zero-order chi connectivity index (χ0) is 16.2. The summed E-state index contributed by atoms with van der Waals surface area (Å²) in [5.41, 5.74) is 1.72. The van der Waals surface area contributed by atoms with Crippen LogP contribution in [0.2, 0.25) is 0 Å². The Balaban J connectivity index is 1.88. The molecule has 1 N–H and O–H groups in total. The zero-order valence-electron chi connectivity index (χ0n) is 12.8. The van der Waals surface area contributed by atoms with Crippen molar-refractivity contribution in [2.45, 2.75) is 25.3 Å². The minimum atomic E-state index is 0.0149. The van der Waals surface area contributed by atoms with E-state index in [-0.39, 0.29) is 5.91 Å². The van der Waals surface area contributed by atoms with Gasteiger partial charge in [-0.2, -0.15) is 0 Å². The molecule has 0 bridgehead atoms. The van der Waals surface area contributed by atoms with E-state index in [1.807, 2.05) is 31.4 Å². The van der Waals surface area contributed by atoms with Crippen LogP contribution in [0.3, 0.4) is 0 Å². The molecular formula is C15H16N4OS3. The Hall–Kier alpha value is -1.51. The smallest absolute Gasteiger partial charge is 0.230 e. The zero-order valence-corrected chi connectivity index (χ0v) is 15.3. The van der Waals surface area contributed by atoms with Gasteiger partial charge in [0.15, 0.2) is 0 Å². The lowest BCUT2D eigenvalue weighted by atomic mass is 10.3. The highest BCUT2D eigenvalue weighted by Gasteiger charge is 2.17. The van der Waals surface area contributed by atoms with Crippen molar-refractivity contribution in [1.82, 2.24) is 20.5 Å². The van der Waals surface area contributed by atoms with Gasteiger partial charge in [-0.05, 0) is 24.8 Å². The number of carbonyl (C=O) groups is 1. The number of fused-ring (bicyclic) bond motifs is 1. The summed E-state index contributed by atoms with van der Waals surface area (Å²) in [5, 5.41) is 15.3. The number of thiazole rings is 1. The highest BCUT2D eigenvalue weighted by molar-refractivity contribution is 8.00. The Bertz CT molecular complexity index is 814. The SMILES string of the molecule is CCCNC(=O)CSc1nnc(-c2cccs2)c2sc(C)nc12. The van der Waals surface area contributed by atoms with Crippen molar-refractivity contribution in [1.29, 1.82) is 0 Å².